The van der Waals surface area contributed by atoms with Gasteiger partial charge in [0.05, 0.1) is 14.2 Å². The molecule has 8 rings (SSSR count). The van der Waals surface area contributed by atoms with Crippen LogP contribution >= 0.6 is 0 Å². The van der Waals surface area contributed by atoms with Crippen molar-refractivity contribution in [2.75, 3.05) is 41.4 Å². The first kappa shape index (κ1) is 30.9. The number of hydrogen-bond donors (Lipinski definition) is 1. The van der Waals surface area contributed by atoms with Crippen molar-refractivity contribution in [3.63, 3.8) is 0 Å². The molecule has 0 spiro atoms. The highest BCUT2D eigenvalue weighted by Crippen LogP contribution is 2.51. The van der Waals surface area contributed by atoms with Gasteiger partial charge in [0.15, 0.2) is 34.5 Å². The number of fused-ring (bicyclic) bond motifs is 2. The van der Waals surface area contributed by atoms with E-state index in [0.717, 1.165) is 54.6 Å². The van der Waals surface area contributed by atoms with E-state index in [9.17, 15) is 9.90 Å². The molecule has 0 aliphatic carbocycles. The fourth-order valence-electron chi connectivity index (χ4n) is 7.17. The molecule has 47 heavy (non-hydrogen) atoms. The van der Waals surface area contributed by atoms with E-state index in [-0.39, 0.29) is 17.8 Å². The minimum atomic E-state index is -0.422. The van der Waals surface area contributed by atoms with Crippen LogP contribution in [0.15, 0.2) is 60.7 Å². The topological polar surface area (TPSA) is 89.9 Å². The summed E-state index contributed by atoms with van der Waals surface area (Å²) in [4.78, 5) is 16.6. The first-order valence-corrected chi connectivity index (χ1v) is 16.0. The Hall–Kier alpha value is -4.73. The van der Waals surface area contributed by atoms with Gasteiger partial charge in [-0.15, -0.1) is 0 Å². The zero-order valence-electron chi connectivity index (χ0n) is 27.5. The Bertz CT molecular complexity index is 1840. The molecule has 1 N–H and O–H groups in total. The fraction of sp³-hybridized carbons (Fsp3) is 0.342. The smallest absolute Gasteiger partial charge is 0.308 e. The average Bonchev–Trinajstić information content (AvgIpc) is 3.06. The maximum Gasteiger partial charge on any atom is 0.308 e. The summed E-state index contributed by atoms with van der Waals surface area (Å²) >= 11 is 0. The van der Waals surface area contributed by atoms with Gasteiger partial charge in [-0.3, -0.25) is 14.6 Å². The Morgan fingerprint density at radius 2 is 1.40 bits per heavy atom. The van der Waals surface area contributed by atoms with Crippen LogP contribution in [-0.4, -0.2) is 62.3 Å². The summed E-state index contributed by atoms with van der Waals surface area (Å²) in [5.41, 5.74) is 6.46. The number of phenolic OH excluding ortho intramolecular Hbond substituents is 1. The molecule has 9 heteroatoms. The number of likely N-dealkylation sites (N-methyl/N-ethyl adjacent to an activating group) is 2. The molecule has 0 amide bonds. The third-order valence-electron chi connectivity index (χ3n) is 9.70. The van der Waals surface area contributed by atoms with E-state index >= 15 is 0 Å². The van der Waals surface area contributed by atoms with E-state index in [2.05, 4.69) is 48.2 Å². The van der Waals surface area contributed by atoms with Crippen molar-refractivity contribution in [3.8, 4) is 46.0 Å². The SMILES string of the molecule is COc1cc2c3cc1Oc1c(O)c(OC)cc4c1[C@H](Cc1ccc(OC(C)=O)c(c1)Oc1ccc(cc1)C[C@@H]3N(C)CC2)N(C)CC4. The van der Waals surface area contributed by atoms with E-state index in [1.54, 1.807) is 20.3 Å². The number of esters is 1. The highest BCUT2D eigenvalue weighted by atomic mass is 16.6. The number of rotatable bonds is 3. The predicted molar refractivity (Wildman–Crippen MR) is 178 cm³/mol. The van der Waals surface area contributed by atoms with Crippen LogP contribution < -0.4 is 23.7 Å². The number of carbonyl (C=O) groups excluding carboxylic acids is 1. The lowest BCUT2D eigenvalue weighted by atomic mass is 9.87. The van der Waals surface area contributed by atoms with Gasteiger partial charge in [-0.1, -0.05) is 18.2 Å². The lowest BCUT2D eigenvalue weighted by Crippen LogP contribution is -2.34. The summed E-state index contributed by atoms with van der Waals surface area (Å²) in [6, 6.07) is 19.8. The van der Waals surface area contributed by atoms with Crippen LogP contribution in [0, 0.1) is 0 Å². The quantitative estimate of drug-likeness (QED) is 0.193. The molecule has 4 aromatic rings. The molecule has 0 fully saturated rings. The Morgan fingerprint density at radius 1 is 0.766 bits per heavy atom. The van der Waals surface area contributed by atoms with Crippen molar-refractivity contribution < 1.29 is 33.6 Å². The Labute approximate surface area is 275 Å². The minimum Gasteiger partial charge on any atom is -0.502 e. The number of aromatic hydroxyl groups is 1. The lowest BCUT2D eigenvalue weighted by molar-refractivity contribution is -0.132. The van der Waals surface area contributed by atoms with Gasteiger partial charge in [-0.2, -0.15) is 0 Å². The van der Waals surface area contributed by atoms with Crippen molar-refractivity contribution >= 4 is 5.97 Å². The Balaban J connectivity index is 1.45. The summed E-state index contributed by atoms with van der Waals surface area (Å²) in [6.45, 7) is 3.10. The third kappa shape index (κ3) is 5.85. The normalized spacial score (nSPS) is 19.0. The van der Waals surface area contributed by atoms with E-state index in [0.29, 0.717) is 46.7 Å². The number of hydrogen-bond acceptors (Lipinski definition) is 9. The van der Waals surface area contributed by atoms with E-state index in [1.165, 1.54) is 18.1 Å². The van der Waals surface area contributed by atoms with Crippen LogP contribution in [0.25, 0.3) is 0 Å². The molecule has 0 saturated heterocycles. The van der Waals surface area contributed by atoms with E-state index in [4.69, 9.17) is 23.7 Å². The van der Waals surface area contributed by atoms with Crippen molar-refractivity contribution in [1.82, 2.24) is 9.80 Å². The van der Waals surface area contributed by atoms with Crippen LogP contribution in [-0.2, 0) is 30.5 Å². The largest absolute Gasteiger partial charge is 0.502 e. The molecular weight excluding hydrogens is 596 g/mol. The molecule has 2 atom stereocenters. The Kier molecular flexibility index (Phi) is 8.20. The van der Waals surface area contributed by atoms with Gasteiger partial charge in [0.25, 0.3) is 0 Å². The number of benzene rings is 4. The van der Waals surface area contributed by atoms with Gasteiger partial charge < -0.3 is 28.8 Å². The molecule has 4 aliphatic heterocycles. The molecule has 244 valence electrons. The first-order valence-electron chi connectivity index (χ1n) is 16.0. The number of methoxy groups -OCH3 is 2. The van der Waals surface area contributed by atoms with Crippen molar-refractivity contribution in [1.29, 1.82) is 0 Å². The molecule has 0 unspecified atom stereocenters. The average molecular weight is 637 g/mol. The molecule has 9 nitrogen and oxygen atoms in total. The molecule has 4 aliphatic rings. The zero-order valence-corrected chi connectivity index (χ0v) is 27.5. The minimum absolute atomic E-state index is 0.0526. The molecule has 0 saturated carbocycles. The molecule has 0 aromatic heterocycles. The second-order valence-corrected chi connectivity index (χ2v) is 12.7. The second kappa shape index (κ2) is 12.5. The highest BCUT2D eigenvalue weighted by Gasteiger charge is 2.34. The monoisotopic (exact) mass is 636 g/mol. The van der Waals surface area contributed by atoms with Gasteiger partial charge in [0.2, 0.25) is 5.75 Å². The third-order valence-corrected chi connectivity index (χ3v) is 9.70. The second-order valence-electron chi connectivity index (χ2n) is 12.7. The maximum absolute atomic E-state index is 12.0. The molecule has 0 radical (unpaired) electrons. The summed E-state index contributed by atoms with van der Waals surface area (Å²) in [5, 5.41) is 11.7. The first-order chi connectivity index (χ1) is 22.7. The van der Waals surface area contributed by atoms with Gasteiger partial charge >= 0.3 is 5.97 Å². The van der Waals surface area contributed by atoms with Gasteiger partial charge in [-0.25, -0.2) is 0 Å². The standard InChI is InChI=1S/C38H40N2O7/c1-22(41)45-31-11-8-24-17-30-36-26(13-15-40(30)3)20-35(44-5)37(42)38(36)47-34-21-28-25(19-32(34)43-4)12-14-39(2)29(28)16-23-6-9-27(10-7-23)46-33(31)18-24/h6-11,18-21,29-30,42H,12-17H2,1-5H3/t29-,30-/m0/s1. The zero-order chi connectivity index (χ0) is 32.8. The van der Waals surface area contributed by atoms with Crippen molar-refractivity contribution in [3.05, 3.63) is 94.0 Å². The van der Waals surface area contributed by atoms with Crippen LogP contribution in [0.3, 0.4) is 0 Å². The number of ether oxygens (including phenoxy) is 5. The van der Waals surface area contributed by atoms with Crippen LogP contribution in [0.4, 0.5) is 0 Å². The molecule has 4 heterocycles. The number of nitrogens with zero attached hydrogens (tertiary/aromatic N) is 2. The summed E-state index contributed by atoms with van der Waals surface area (Å²) in [6.07, 6.45) is 3.01. The molecule has 4 aromatic carbocycles. The Morgan fingerprint density at radius 3 is 2.13 bits per heavy atom. The van der Waals surface area contributed by atoms with Crippen LogP contribution in [0.1, 0.15) is 52.4 Å². The summed E-state index contributed by atoms with van der Waals surface area (Å²) in [5.74, 6) is 2.87. The summed E-state index contributed by atoms with van der Waals surface area (Å²) in [7, 11) is 7.44. The van der Waals surface area contributed by atoms with Gasteiger partial charge in [0.1, 0.15) is 5.75 Å². The van der Waals surface area contributed by atoms with Crippen molar-refractivity contribution in [2.45, 2.75) is 44.7 Å². The predicted octanol–water partition coefficient (Wildman–Crippen LogP) is 6.78. The van der Waals surface area contributed by atoms with Crippen LogP contribution in [0.5, 0.6) is 46.0 Å². The highest BCUT2D eigenvalue weighted by molar-refractivity contribution is 5.70. The molecular formula is C38H40N2O7. The fourth-order valence-corrected chi connectivity index (χ4v) is 7.17. The van der Waals surface area contributed by atoms with E-state index in [1.807, 2.05) is 30.3 Å². The lowest BCUT2D eigenvalue weighted by Gasteiger charge is -2.37. The van der Waals surface area contributed by atoms with Gasteiger partial charge in [0, 0.05) is 37.7 Å². The van der Waals surface area contributed by atoms with Crippen LogP contribution in [0.2, 0.25) is 0 Å². The number of carbonyl (C=O) groups is 1. The number of phenols is 1. The molecule has 6 bridgehead atoms. The maximum atomic E-state index is 12.0. The van der Waals surface area contributed by atoms with E-state index < -0.39 is 5.97 Å². The van der Waals surface area contributed by atoms with Crippen molar-refractivity contribution in [2.24, 2.45) is 0 Å². The van der Waals surface area contributed by atoms with Gasteiger partial charge in [-0.05, 0) is 110 Å². The summed E-state index contributed by atoms with van der Waals surface area (Å²) < 4.78 is 30.3.